The third-order valence-electron chi connectivity index (χ3n) is 2.69. The number of hydrogen-bond acceptors (Lipinski definition) is 4. The maximum Gasteiger partial charge on any atom is 0.238 e. The highest BCUT2D eigenvalue weighted by Gasteiger charge is 2.23. The van der Waals surface area contributed by atoms with Crippen LogP contribution in [0, 0.1) is 5.92 Å². The molecule has 0 saturated carbocycles. The van der Waals surface area contributed by atoms with Gasteiger partial charge in [-0.25, -0.2) is 8.42 Å². The molecule has 0 bridgehead atoms. The molecule has 5 nitrogen and oxygen atoms in total. The Hall–Kier alpha value is -0.620. The van der Waals surface area contributed by atoms with Crippen molar-refractivity contribution < 1.29 is 18.3 Å². The van der Waals surface area contributed by atoms with Crippen molar-refractivity contribution in [2.24, 2.45) is 5.92 Å². The molecule has 0 fully saturated rings. The molecule has 0 spiro atoms. The smallest absolute Gasteiger partial charge is 0.238 e. The fourth-order valence-corrected chi connectivity index (χ4v) is 1.69. The average molecular weight is 251 g/mol. The number of nitrogens with one attached hydrogen (secondary N) is 1. The van der Waals surface area contributed by atoms with Gasteiger partial charge in [-0.15, -0.1) is 0 Å². The first-order chi connectivity index (χ1) is 7.32. The van der Waals surface area contributed by atoms with Gasteiger partial charge in [-0.1, -0.05) is 13.3 Å². The summed E-state index contributed by atoms with van der Waals surface area (Å²) in [6.07, 6.45) is 2.50. The Kier molecular flexibility index (Phi) is 6.59. The molecule has 2 atom stereocenters. The monoisotopic (exact) mass is 251 g/mol. The van der Waals surface area contributed by atoms with Gasteiger partial charge in [-0.05, 0) is 19.3 Å². The lowest BCUT2D eigenvalue weighted by Gasteiger charge is -2.16. The number of sulfone groups is 1. The predicted octanol–water partition coefficient (Wildman–Crippen LogP) is -0.0557. The van der Waals surface area contributed by atoms with Gasteiger partial charge in [-0.2, -0.15) is 0 Å². The van der Waals surface area contributed by atoms with E-state index in [0.717, 1.165) is 12.7 Å². The zero-order valence-corrected chi connectivity index (χ0v) is 10.9. The molecule has 6 heteroatoms. The summed E-state index contributed by atoms with van der Waals surface area (Å²) in [4.78, 5) is 11.5. The molecule has 0 heterocycles. The van der Waals surface area contributed by atoms with Crippen LogP contribution in [0.25, 0.3) is 0 Å². The van der Waals surface area contributed by atoms with Crippen molar-refractivity contribution in [3.8, 4) is 0 Å². The Bertz CT molecular complexity index is 313. The first kappa shape index (κ1) is 15.4. The van der Waals surface area contributed by atoms with Crippen molar-refractivity contribution in [1.82, 2.24) is 5.32 Å². The van der Waals surface area contributed by atoms with E-state index in [0.29, 0.717) is 13.0 Å². The molecule has 96 valence electrons. The first-order valence-corrected chi connectivity index (χ1v) is 7.35. The van der Waals surface area contributed by atoms with Crippen molar-refractivity contribution in [2.45, 2.75) is 31.9 Å². The Morgan fingerprint density at radius 3 is 2.38 bits per heavy atom. The largest absolute Gasteiger partial charge is 0.396 e. The van der Waals surface area contributed by atoms with Crippen molar-refractivity contribution in [2.75, 3.05) is 19.4 Å². The van der Waals surface area contributed by atoms with Crippen LogP contribution in [-0.2, 0) is 14.6 Å². The summed E-state index contributed by atoms with van der Waals surface area (Å²) < 4.78 is 22.2. The second-order valence-corrected chi connectivity index (χ2v) is 6.37. The number of rotatable bonds is 7. The van der Waals surface area contributed by atoms with Gasteiger partial charge in [0.1, 0.15) is 5.25 Å². The van der Waals surface area contributed by atoms with Crippen LogP contribution in [0.15, 0.2) is 0 Å². The molecule has 0 aromatic heterocycles. The van der Waals surface area contributed by atoms with Gasteiger partial charge in [0.25, 0.3) is 0 Å². The maximum absolute atomic E-state index is 11.5. The van der Waals surface area contributed by atoms with Gasteiger partial charge in [0.2, 0.25) is 5.91 Å². The minimum Gasteiger partial charge on any atom is -0.396 e. The van der Waals surface area contributed by atoms with Gasteiger partial charge in [-0.3, -0.25) is 4.79 Å². The molecule has 0 rings (SSSR count). The standard InChI is InChI=1S/C10H21NO4S/c1-4-9(5-6-12)7-11-10(13)8(2)16(3,14)15/h8-9,12H,4-7H2,1-3H3,(H,11,13). The molecule has 2 N–H and O–H groups in total. The summed E-state index contributed by atoms with van der Waals surface area (Å²) in [6.45, 7) is 3.83. The number of amides is 1. The molecule has 0 saturated heterocycles. The third-order valence-corrected chi connectivity index (χ3v) is 4.19. The van der Waals surface area contributed by atoms with Gasteiger partial charge in [0.05, 0.1) is 0 Å². The summed E-state index contributed by atoms with van der Waals surface area (Å²) in [5.74, 6) is -0.278. The fourth-order valence-electron chi connectivity index (χ4n) is 1.22. The molecule has 0 aliphatic rings. The molecule has 0 radical (unpaired) electrons. The lowest BCUT2D eigenvalue weighted by atomic mass is 10.0. The van der Waals surface area contributed by atoms with Gasteiger partial charge < -0.3 is 10.4 Å². The number of aliphatic hydroxyl groups is 1. The van der Waals surface area contributed by atoms with E-state index in [1.807, 2.05) is 6.92 Å². The maximum atomic E-state index is 11.5. The second kappa shape index (κ2) is 6.85. The summed E-state index contributed by atoms with van der Waals surface area (Å²) in [6, 6.07) is 0. The van der Waals surface area contributed by atoms with E-state index in [1.54, 1.807) is 0 Å². The summed E-state index contributed by atoms with van der Waals surface area (Å²) in [5, 5.41) is 10.3. The Morgan fingerprint density at radius 1 is 1.44 bits per heavy atom. The van der Waals surface area contributed by atoms with Crippen LogP contribution in [0.3, 0.4) is 0 Å². The number of carbonyl (C=O) groups excluding carboxylic acids is 1. The van der Waals surface area contributed by atoms with Crippen molar-refractivity contribution >= 4 is 15.7 Å². The summed E-state index contributed by atoms with van der Waals surface area (Å²) in [7, 11) is -3.33. The van der Waals surface area contributed by atoms with Crippen LogP contribution in [0.4, 0.5) is 0 Å². The highest BCUT2D eigenvalue weighted by Crippen LogP contribution is 2.06. The third kappa shape index (κ3) is 5.46. The van der Waals surface area contributed by atoms with E-state index < -0.39 is 21.0 Å². The van der Waals surface area contributed by atoms with Crippen LogP contribution >= 0.6 is 0 Å². The van der Waals surface area contributed by atoms with Crippen molar-refractivity contribution in [3.05, 3.63) is 0 Å². The average Bonchev–Trinajstić information content (AvgIpc) is 2.21. The second-order valence-electron chi connectivity index (χ2n) is 4.00. The zero-order chi connectivity index (χ0) is 12.8. The van der Waals surface area contributed by atoms with Gasteiger partial charge >= 0.3 is 0 Å². The highest BCUT2D eigenvalue weighted by atomic mass is 32.2. The van der Waals surface area contributed by atoms with E-state index in [9.17, 15) is 13.2 Å². The van der Waals surface area contributed by atoms with Crippen LogP contribution in [-0.4, -0.2) is 44.1 Å². The van der Waals surface area contributed by atoms with E-state index >= 15 is 0 Å². The summed E-state index contributed by atoms with van der Waals surface area (Å²) >= 11 is 0. The fraction of sp³-hybridized carbons (Fsp3) is 0.900. The minimum absolute atomic E-state index is 0.0794. The van der Waals surface area contributed by atoms with Gasteiger partial charge in [0, 0.05) is 19.4 Å². The topological polar surface area (TPSA) is 83.5 Å². The molecule has 0 aromatic rings. The predicted molar refractivity (Wildman–Crippen MR) is 62.8 cm³/mol. The lowest BCUT2D eigenvalue weighted by Crippen LogP contribution is -2.39. The normalized spacial score (nSPS) is 15.5. The van der Waals surface area contributed by atoms with E-state index in [4.69, 9.17) is 5.11 Å². The Balaban J connectivity index is 4.16. The summed E-state index contributed by atoms with van der Waals surface area (Å²) in [5.41, 5.74) is 0. The van der Waals surface area contributed by atoms with Crippen LogP contribution in [0.2, 0.25) is 0 Å². The first-order valence-electron chi connectivity index (χ1n) is 5.40. The molecule has 2 unspecified atom stereocenters. The van der Waals surface area contributed by atoms with Crippen molar-refractivity contribution in [3.63, 3.8) is 0 Å². The Morgan fingerprint density at radius 2 is 2.00 bits per heavy atom. The van der Waals surface area contributed by atoms with E-state index in [2.05, 4.69) is 5.32 Å². The van der Waals surface area contributed by atoms with Crippen LogP contribution < -0.4 is 5.32 Å². The molecule has 0 aromatic carbocycles. The van der Waals surface area contributed by atoms with E-state index in [-0.39, 0.29) is 12.5 Å². The van der Waals surface area contributed by atoms with Crippen LogP contribution in [0.5, 0.6) is 0 Å². The minimum atomic E-state index is -3.33. The van der Waals surface area contributed by atoms with Crippen molar-refractivity contribution in [1.29, 1.82) is 0 Å². The lowest BCUT2D eigenvalue weighted by molar-refractivity contribution is -0.120. The highest BCUT2D eigenvalue weighted by molar-refractivity contribution is 7.92. The molecular weight excluding hydrogens is 230 g/mol. The number of aliphatic hydroxyl groups excluding tert-OH is 1. The quantitative estimate of drug-likeness (QED) is 0.664. The van der Waals surface area contributed by atoms with E-state index in [1.165, 1.54) is 6.92 Å². The van der Waals surface area contributed by atoms with Gasteiger partial charge in [0.15, 0.2) is 9.84 Å². The molecule has 1 amide bonds. The molecule has 0 aliphatic carbocycles. The number of carbonyl (C=O) groups is 1. The number of hydrogen-bond donors (Lipinski definition) is 2. The zero-order valence-electron chi connectivity index (χ0n) is 10.1. The molecule has 0 aliphatic heterocycles. The SMILES string of the molecule is CCC(CCO)CNC(=O)C(C)S(C)(=O)=O. The Labute approximate surface area is 97.2 Å². The molecule has 16 heavy (non-hydrogen) atoms. The van der Waals surface area contributed by atoms with Crippen LogP contribution in [0.1, 0.15) is 26.7 Å². The molecular formula is C10H21NO4S.